The molecule has 2 aliphatic heterocycles. The van der Waals surface area contributed by atoms with Crippen LogP contribution in [0.1, 0.15) is 56.2 Å². The van der Waals surface area contributed by atoms with Gasteiger partial charge in [-0.2, -0.15) is 0 Å². The second-order valence-corrected chi connectivity index (χ2v) is 10.2. The Morgan fingerprint density at radius 2 is 1.74 bits per heavy atom. The summed E-state index contributed by atoms with van der Waals surface area (Å²) in [4.78, 5) is 45.9. The number of likely N-dealkylation sites (tertiary alicyclic amines) is 1. The zero-order valence-electron chi connectivity index (χ0n) is 20.3. The van der Waals surface area contributed by atoms with Gasteiger partial charge in [0.1, 0.15) is 5.69 Å². The highest BCUT2D eigenvalue weighted by Gasteiger charge is 2.54. The Bertz CT molecular complexity index is 1070. The molecule has 1 atom stereocenters. The zero-order valence-corrected chi connectivity index (χ0v) is 20.3. The van der Waals surface area contributed by atoms with Gasteiger partial charge in [0.2, 0.25) is 17.7 Å². The second kappa shape index (κ2) is 9.79. The third-order valence-electron chi connectivity index (χ3n) is 7.91. The number of rotatable bonds is 6. The van der Waals surface area contributed by atoms with E-state index in [1.54, 1.807) is 4.90 Å². The van der Waals surface area contributed by atoms with Crippen molar-refractivity contribution < 1.29 is 19.0 Å². The number of imide groups is 1. The van der Waals surface area contributed by atoms with Gasteiger partial charge in [-0.25, -0.2) is 4.63 Å². The molecule has 0 spiro atoms. The molecule has 3 fully saturated rings. The lowest BCUT2D eigenvalue weighted by Gasteiger charge is -2.36. The van der Waals surface area contributed by atoms with Gasteiger partial charge < -0.3 is 9.80 Å². The van der Waals surface area contributed by atoms with Crippen LogP contribution < -0.4 is 4.90 Å². The molecule has 1 saturated carbocycles. The van der Waals surface area contributed by atoms with E-state index in [0.29, 0.717) is 44.5 Å². The Labute approximate surface area is 205 Å². The van der Waals surface area contributed by atoms with E-state index in [4.69, 9.17) is 4.63 Å². The molecule has 1 aliphatic carbocycles. The summed E-state index contributed by atoms with van der Waals surface area (Å²) >= 11 is 0. The van der Waals surface area contributed by atoms with Crippen LogP contribution in [0.15, 0.2) is 35.0 Å². The number of aryl methyl sites for hydroxylation is 1. The Kier molecular flexibility index (Phi) is 6.58. The highest BCUT2D eigenvalue weighted by Crippen LogP contribution is 2.41. The Hall–Kier alpha value is -3.23. The number of carbonyl (C=O) groups excluding carboxylic acids is 3. The minimum absolute atomic E-state index is 0.00724. The maximum absolute atomic E-state index is 13.9. The Morgan fingerprint density at radius 1 is 1.03 bits per heavy atom. The fourth-order valence-electron chi connectivity index (χ4n) is 5.89. The molecule has 3 heterocycles. The van der Waals surface area contributed by atoms with Crippen molar-refractivity contribution in [1.82, 2.24) is 20.1 Å². The van der Waals surface area contributed by atoms with Crippen molar-refractivity contribution >= 4 is 23.5 Å². The summed E-state index contributed by atoms with van der Waals surface area (Å²) in [6, 6.07) is 9.38. The third kappa shape index (κ3) is 4.56. The molecule has 1 aromatic heterocycles. The number of benzene rings is 1. The first kappa shape index (κ1) is 23.5. The van der Waals surface area contributed by atoms with Gasteiger partial charge >= 0.3 is 0 Å². The van der Waals surface area contributed by atoms with Crippen molar-refractivity contribution in [2.45, 2.75) is 57.3 Å². The van der Waals surface area contributed by atoms with E-state index in [-0.39, 0.29) is 30.6 Å². The maximum Gasteiger partial charge on any atom is 0.240 e. The van der Waals surface area contributed by atoms with Crippen LogP contribution in [0.5, 0.6) is 0 Å². The first-order valence-electron chi connectivity index (χ1n) is 12.7. The molecule has 3 amide bonds. The van der Waals surface area contributed by atoms with Crippen molar-refractivity contribution in [2.75, 3.05) is 37.6 Å². The van der Waals surface area contributed by atoms with Crippen LogP contribution in [-0.4, -0.2) is 70.6 Å². The van der Waals surface area contributed by atoms with Crippen molar-refractivity contribution in [3.63, 3.8) is 0 Å². The van der Waals surface area contributed by atoms with Gasteiger partial charge in [-0.15, -0.1) is 0 Å². The fraction of sp³-hybridized carbons (Fsp3) is 0.577. The number of anilines is 1. The lowest BCUT2D eigenvalue weighted by atomic mass is 9.75. The molecule has 35 heavy (non-hydrogen) atoms. The first-order valence-corrected chi connectivity index (χ1v) is 12.7. The molecule has 2 aromatic rings. The lowest BCUT2D eigenvalue weighted by molar-refractivity contribution is -0.143. The number of amides is 3. The highest BCUT2D eigenvalue weighted by molar-refractivity contribution is 6.10. The summed E-state index contributed by atoms with van der Waals surface area (Å²) in [5.41, 5.74) is 0.343. The van der Waals surface area contributed by atoms with Crippen LogP contribution in [0.3, 0.4) is 0 Å². The number of carbonyl (C=O) groups is 3. The molecule has 9 nitrogen and oxygen atoms in total. The minimum atomic E-state index is -1.13. The smallest absolute Gasteiger partial charge is 0.240 e. The maximum atomic E-state index is 13.9. The second-order valence-electron chi connectivity index (χ2n) is 10.2. The van der Waals surface area contributed by atoms with Crippen molar-refractivity contribution in [3.8, 4) is 0 Å². The molecule has 186 valence electrons. The molecule has 1 aromatic carbocycles. The molecule has 0 N–H and O–H groups in total. The Balaban J connectivity index is 1.32. The minimum Gasteiger partial charge on any atom is -0.349 e. The van der Waals surface area contributed by atoms with E-state index in [1.807, 2.05) is 37.3 Å². The van der Waals surface area contributed by atoms with Gasteiger partial charge in [-0.1, -0.05) is 54.8 Å². The van der Waals surface area contributed by atoms with E-state index >= 15 is 0 Å². The average molecular weight is 480 g/mol. The average Bonchev–Trinajstić information content (AvgIpc) is 3.42. The third-order valence-corrected chi connectivity index (χ3v) is 7.91. The Morgan fingerprint density at radius 3 is 2.40 bits per heavy atom. The summed E-state index contributed by atoms with van der Waals surface area (Å²) < 4.78 is 4.81. The van der Waals surface area contributed by atoms with E-state index in [9.17, 15) is 14.4 Å². The van der Waals surface area contributed by atoms with E-state index in [0.717, 1.165) is 36.9 Å². The number of aromatic nitrogens is 2. The van der Waals surface area contributed by atoms with Crippen LogP contribution >= 0.6 is 0 Å². The van der Waals surface area contributed by atoms with E-state index < -0.39 is 5.41 Å². The number of hydrogen-bond acceptors (Lipinski definition) is 7. The van der Waals surface area contributed by atoms with Crippen LogP contribution in [0.2, 0.25) is 0 Å². The van der Waals surface area contributed by atoms with E-state index in [2.05, 4.69) is 15.2 Å². The topological polar surface area (TPSA) is 99.8 Å². The lowest BCUT2D eigenvalue weighted by Crippen LogP contribution is -2.51. The number of hydrogen-bond donors (Lipinski definition) is 0. The predicted octanol–water partition coefficient (Wildman–Crippen LogP) is 2.69. The number of nitrogens with zero attached hydrogens (tertiary/aromatic N) is 5. The molecular formula is C26H33N5O4. The quantitative estimate of drug-likeness (QED) is 0.587. The molecule has 5 rings (SSSR count). The zero-order chi connectivity index (χ0) is 24.4. The summed E-state index contributed by atoms with van der Waals surface area (Å²) in [6.45, 7) is 4.58. The van der Waals surface area contributed by atoms with Crippen LogP contribution in [0.25, 0.3) is 0 Å². The molecule has 3 aliphatic rings. The van der Waals surface area contributed by atoms with Crippen LogP contribution in [0, 0.1) is 12.8 Å². The molecule has 0 radical (unpaired) electrons. The highest BCUT2D eigenvalue weighted by atomic mass is 16.6. The van der Waals surface area contributed by atoms with Crippen molar-refractivity contribution in [3.05, 3.63) is 41.6 Å². The van der Waals surface area contributed by atoms with Gasteiger partial charge in [0.25, 0.3) is 0 Å². The van der Waals surface area contributed by atoms with Crippen molar-refractivity contribution in [1.29, 1.82) is 0 Å². The van der Waals surface area contributed by atoms with Gasteiger partial charge in [0.15, 0.2) is 5.82 Å². The molecular weight excluding hydrogens is 446 g/mol. The standard InChI is InChI=1S/C26H33N5O4/c1-19-24(28-35-27-19)30-14-12-29(13-15-30)22(32)16-26(21-10-6-3-7-11-21)17-23(33)31(25(26)34)18-20-8-4-2-5-9-20/h3,6-7,10-11,20H,2,4-5,8-9,12-18H2,1H3/t26-/m1/s1. The summed E-state index contributed by atoms with van der Waals surface area (Å²) in [6.07, 6.45) is 5.70. The summed E-state index contributed by atoms with van der Waals surface area (Å²) in [5.74, 6) is 0.602. The number of piperazine rings is 1. The summed E-state index contributed by atoms with van der Waals surface area (Å²) in [5, 5.41) is 7.81. The van der Waals surface area contributed by atoms with Crippen molar-refractivity contribution in [2.24, 2.45) is 5.92 Å². The van der Waals surface area contributed by atoms with Gasteiger partial charge in [0, 0.05) is 45.6 Å². The monoisotopic (exact) mass is 479 g/mol. The van der Waals surface area contributed by atoms with Gasteiger partial charge in [-0.05, 0) is 36.4 Å². The van der Waals surface area contributed by atoms with Crippen LogP contribution in [0.4, 0.5) is 5.82 Å². The molecule has 0 unspecified atom stereocenters. The normalized spacial score (nSPS) is 23.9. The van der Waals surface area contributed by atoms with E-state index in [1.165, 1.54) is 11.3 Å². The molecule has 9 heteroatoms. The summed E-state index contributed by atoms with van der Waals surface area (Å²) in [7, 11) is 0. The SMILES string of the molecule is Cc1nonc1N1CCN(C(=O)C[C@]2(c3ccccc3)CC(=O)N(CC3CCCCC3)C2=O)CC1. The molecule has 2 saturated heterocycles. The van der Waals surface area contributed by atoms with Gasteiger partial charge in [0.05, 0.1) is 5.41 Å². The first-order chi connectivity index (χ1) is 17.0. The molecule has 0 bridgehead atoms. The van der Waals surface area contributed by atoms with Crippen LogP contribution in [-0.2, 0) is 19.8 Å². The van der Waals surface area contributed by atoms with Gasteiger partial charge in [-0.3, -0.25) is 19.3 Å². The predicted molar refractivity (Wildman–Crippen MR) is 128 cm³/mol. The fourth-order valence-corrected chi connectivity index (χ4v) is 5.89. The largest absolute Gasteiger partial charge is 0.349 e.